The van der Waals surface area contributed by atoms with Gasteiger partial charge < -0.3 is 15.2 Å². The molecular formula is C26H23N3O2. The first-order valence-corrected chi connectivity index (χ1v) is 10.5. The van der Waals surface area contributed by atoms with Crippen molar-refractivity contribution in [2.75, 3.05) is 5.32 Å². The van der Waals surface area contributed by atoms with Gasteiger partial charge in [-0.15, -0.1) is 0 Å². The summed E-state index contributed by atoms with van der Waals surface area (Å²) in [5.74, 6) is -0.236. The molecule has 0 spiro atoms. The molecule has 2 N–H and O–H groups in total. The van der Waals surface area contributed by atoms with Crippen molar-refractivity contribution < 1.29 is 9.59 Å². The van der Waals surface area contributed by atoms with Crippen molar-refractivity contribution in [2.24, 2.45) is 0 Å². The van der Waals surface area contributed by atoms with Gasteiger partial charge >= 0.3 is 0 Å². The van der Waals surface area contributed by atoms with Crippen LogP contribution >= 0.6 is 0 Å². The van der Waals surface area contributed by atoms with Crippen molar-refractivity contribution in [3.8, 4) is 11.3 Å². The van der Waals surface area contributed by atoms with Crippen LogP contribution in [0.3, 0.4) is 0 Å². The molecule has 1 saturated carbocycles. The summed E-state index contributed by atoms with van der Waals surface area (Å²) in [4.78, 5) is 25.3. The molecule has 1 aliphatic carbocycles. The van der Waals surface area contributed by atoms with Crippen LogP contribution in [0.1, 0.15) is 23.2 Å². The number of fused-ring (bicyclic) bond motifs is 1. The number of hydrogen-bond donors (Lipinski definition) is 2. The van der Waals surface area contributed by atoms with Crippen LogP contribution in [0.2, 0.25) is 0 Å². The van der Waals surface area contributed by atoms with E-state index >= 15 is 0 Å². The van der Waals surface area contributed by atoms with E-state index in [2.05, 4.69) is 22.8 Å². The molecule has 1 heterocycles. The van der Waals surface area contributed by atoms with Crippen LogP contribution in [0.25, 0.3) is 22.2 Å². The summed E-state index contributed by atoms with van der Waals surface area (Å²) >= 11 is 0. The van der Waals surface area contributed by atoms with Gasteiger partial charge in [-0.3, -0.25) is 9.59 Å². The first kappa shape index (κ1) is 19.1. The van der Waals surface area contributed by atoms with Crippen LogP contribution in [0, 0.1) is 0 Å². The van der Waals surface area contributed by atoms with Gasteiger partial charge in [-0.2, -0.15) is 0 Å². The number of amides is 2. The Balaban J connectivity index is 1.39. The molecule has 154 valence electrons. The van der Waals surface area contributed by atoms with E-state index in [1.807, 2.05) is 53.1 Å². The molecule has 1 aromatic heterocycles. The molecule has 5 heteroatoms. The van der Waals surface area contributed by atoms with E-state index in [0.29, 0.717) is 17.3 Å². The summed E-state index contributed by atoms with van der Waals surface area (Å²) in [5.41, 5.74) is 4.24. The third-order valence-corrected chi connectivity index (χ3v) is 5.50. The number of nitrogens with zero attached hydrogens (tertiary/aromatic N) is 1. The Morgan fingerprint density at radius 2 is 1.65 bits per heavy atom. The third-order valence-electron chi connectivity index (χ3n) is 5.50. The number of hydrogen-bond acceptors (Lipinski definition) is 2. The fourth-order valence-corrected chi connectivity index (χ4v) is 3.81. The molecule has 0 atom stereocenters. The van der Waals surface area contributed by atoms with Crippen molar-refractivity contribution in [3.63, 3.8) is 0 Å². The Morgan fingerprint density at radius 1 is 0.871 bits per heavy atom. The maximum Gasteiger partial charge on any atom is 0.251 e. The molecule has 2 amide bonds. The molecule has 5 nitrogen and oxygen atoms in total. The zero-order chi connectivity index (χ0) is 21.2. The molecule has 4 aromatic rings. The highest BCUT2D eigenvalue weighted by Crippen LogP contribution is 2.28. The van der Waals surface area contributed by atoms with E-state index in [9.17, 15) is 9.59 Å². The van der Waals surface area contributed by atoms with Crippen LogP contribution in [-0.2, 0) is 11.3 Å². The Hall–Kier alpha value is -3.86. The summed E-state index contributed by atoms with van der Waals surface area (Å²) in [6.07, 6.45) is 2.08. The number of carbonyl (C=O) groups excluding carboxylic acids is 2. The highest BCUT2D eigenvalue weighted by Gasteiger charge is 2.24. The third kappa shape index (κ3) is 4.21. The Bertz CT molecular complexity index is 1260. The molecule has 1 aliphatic rings. The number of rotatable bonds is 6. The van der Waals surface area contributed by atoms with Gasteiger partial charge in [0.25, 0.3) is 5.91 Å². The Morgan fingerprint density at radius 3 is 2.45 bits per heavy atom. The summed E-state index contributed by atoms with van der Waals surface area (Å²) < 4.78 is 2.03. The van der Waals surface area contributed by atoms with Gasteiger partial charge in [-0.25, -0.2) is 0 Å². The molecule has 5 rings (SSSR count). The Labute approximate surface area is 180 Å². The van der Waals surface area contributed by atoms with E-state index in [4.69, 9.17) is 0 Å². The lowest BCUT2D eigenvalue weighted by Gasteiger charge is -2.12. The smallest absolute Gasteiger partial charge is 0.251 e. The predicted octanol–water partition coefficient (Wildman–Crippen LogP) is 4.84. The van der Waals surface area contributed by atoms with E-state index in [0.717, 1.165) is 35.0 Å². The minimum Gasteiger partial charge on any atom is -0.349 e. The van der Waals surface area contributed by atoms with Crippen LogP contribution < -0.4 is 10.6 Å². The number of carbonyl (C=O) groups is 2. The number of nitrogens with one attached hydrogen (secondary N) is 2. The molecule has 3 aromatic carbocycles. The van der Waals surface area contributed by atoms with Crippen molar-refractivity contribution in [2.45, 2.75) is 25.4 Å². The van der Waals surface area contributed by atoms with Crippen molar-refractivity contribution in [3.05, 3.63) is 90.5 Å². The molecule has 31 heavy (non-hydrogen) atoms. The number of para-hydroxylation sites is 1. The second kappa shape index (κ2) is 8.11. The average molecular weight is 409 g/mol. The largest absolute Gasteiger partial charge is 0.349 e. The zero-order valence-electron chi connectivity index (χ0n) is 17.0. The van der Waals surface area contributed by atoms with E-state index in [1.165, 1.54) is 0 Å². The minimum atomic E-state index is -0.140. The lowest BCUT2D eigenvalue weighted by Crippen LogP contribution is -2.25. The fourth-order valence-electron chi connectivity index (χ4n) is 3.81. The first-order valence-electron chi connectivity index (χ1n) is 10.5. The van der Waals surface area contributed by atoms with Gasteiger partial charge in [0.2, 0.25) is 5.91 Å². The van der Waals surface area contributed by atoms with Gasteiger partial charge in [0.05, 0.1) is 0 Å². The fraction of sp³-hybridized carbons (Fsp3) is 0.154. The highest BCUT2D eigenvalue weighted by atomic mass is 16.2. The maximum atomic E-state index is 12.9. The lowest BCUT2D eigenvalue weighted by molar-refractivity contribution is -0.116. The van der Waals surface area contributed by atoms with Crippen molar-refractivity contribution >= 4 is 28.4 Å². The number of benzene rings is 3. The second-order valence-corrected chi connectivity index (χ2v) is 7.92. The Kier molecular flexibility index (Phi) is 5.00. The molecule has 0 bridgehead atoms. The molecule has 1 fully saturated rings. The molecule has 0 saturated heterocycles. The molecule has 0 unspecified atom stereocenters. The molecule has 0 radical (unpaired) electrons. The second-order valence-electron chi connectivity index (χ2n) is 7.92. The summed E-state index contributed by atoms with van der Waals surface area (Å²) in [6.45, 7) is 0.177. The van der Waals surface area contributed by atoms with Crippen LogP contribution in [0.15, 0.2) is 84.9 Å². The normalized spacial score (nSPS) is 13.2. The van der Waals surface area contributed by atoms with Gasteiger partial charge in [0.15, 0.2) is 0 Å². The summed E-state index contributed by atoms with van der Waals surface area (Å²) in [7, 11) is 0. The first-order chi connectivity index (χ1) is 15.2. The average Bonchev–Trinajstić information content (AvgIpc) is 3.54. The van der Waals surface area contributed by atoms with Crippen LogP contribution in [-0.4, -0.2) is 22.4 Å². The summed E-state index contributed by atoms with van der Waals surface area (Å²) in [6, 6.07) is 27.6. The number of anilines is 1. The van der Waals surface area contributed by atoms with Gasteiger partial charge in [0, 0.05) is 33.9 Å². The van der Waals surface area contributed by atoms with E-state index in [-0.39, 0.29) is 18.4 Å². The van der Waals surface area contributed by atoms with Crippen molar-refractivity contribution in [1.29, 1.82) is 0 Å². The van der Waals surface area contributed by atoms with Gasteiger partial charge in [0.1, 0.15) is 6.54 Å². The molecular weight excluding hydrogens is 386 g/mol. The zero-order valence-corrected chi connectivity index (χ0v) is 17.0. The van der Waals surface area contributed by atoms with E-state index < -0.39 is 0 Å². The predicted molar refractivity (Wildman–Crippen MR) is 123 cm³/mol. The maximum absolute atomic E-state index is 12.9. The van der Waals surface area contributed by atoms with E-state index in [1.54, 1.807) is 24.3 Å². The quantitative estimate of drug-likeness (QED) is 0.479. The van der Waals surface area contributed by atoms with Crippen LogP contribution in [0.5, 0.6) is 0 Å². The van der Waals surface area contributed by atoms with Gasteiger partial charge in [-0.1, -0.05) is 54.6 Å². The monoisotopic (exact) mass is 409 g/mol. The standard InChI is InChI=1S/C26H23N3O2/c30-25(27-22-11-6-10-20(15-22)26(31)28-21-13-14-21)17-29-23-12-5-4-9-19(23)16-24(29)18-7-2-1-3-8-18/h1-12,15-16,21H,13-14,17H2,(H,27,30)(H,28,31). The minimum absolute atomic E-state index is 0.0960. The lowest BCUT2D eigenvalue weighted by atomic mass is 10.1. The topological polar surface area (TPSA) is 63.1 Å². The van der Waals surface area contributed by atoms with Gasteiger partial charge in [-0.05, 0) is 48.7 Å². The summed E-state index contributed by atoms with van der Waals surface area (Å²) in [5, 5.41) is 7.02. The molecule has 0 aliphatic heterocycles. The number of aromatic nitrogens is 1. The van der Waals surface area contributed by atoms with Crippen molar-refractivity contribution in [1.82, 2.24) is 9.88 Å². The SMILES string of the molecule is O=C(Cn1c(-c2ccccc2)cc2ccccc21)Nc1cccc(C(=O)NC2CC2)c1. The highest BCUT2D eigenvalue weighted by molar-refractivity contribution is 5.98. The van der Waals surface area contributed by atoms with Crippen LogP contribution in [0.4, 0.5) is 5.69 Å².